The summed E-state index contributed by atoms with van der Waals surface area (Å²) in [7, 11) is 0. The van der Waals surface area contributed by atoms with Gasteiger partial charge in [-0.1, -0.05) is 29.3 Å². The molecule has 0 fully saturated rings. The number of amides is 1. The van der Waals surface area contributed by atoms with Crippen molar-refractivity contribution in [3.05, 3.63) is 69.3 Å². The molecule has 3 aromatic rings. The van der Waals surface area contributed by atoms with E-state index < -0.39 is 17.6 Å². The molecule has 0 radical (unpaired) electrons. The summed E-state index contributed by atoms with van der Waals surface area (Å²) in [6, 6.07) is 9.97. The van der Waals surface area contributed by atoms with E-state index in [2.05, 4.69) is 10.4 Å². The first-order valence-electron chi connectivity index (χ1n) is 8.55. The Morgan fingerprint density at radius 3 is 2.63 bits per heavy atom. The maximum atomic E-state index is 12.8. The Bertz CT molecular complexity index is 1110. The zero-order valence-corrected chi connectivity index (χ0v) is 17.1. The largest absolute Gasteiger partial charge is 0.484 e. The van der Waals surface area contributed by atoms with Crippen LogP contribution in [0.5, 0.6) is 5.75 Å². The van der Waals surface area contributed by atoms with E-state index in [1.54, 1.807) is 12.1 Å². The van der Waals surface area contributed by atoms with Gasteiger partial charge in [-0.3, -0.25) is 4.79 Å². The normalized spacial score (nSPS) is 11.4. The van der Waals surface area contributed by atoms with Crippen LogP contribution >= 0.6 is 23.8 Å². The fourth-order valence-corrected chi connectivity index (χ4v) is 2.78. The molecule has 1 amide bonds. The minimum atomic E-state index is -4.56. The van der Waals surface area contributed by atoms with Crippen molar-refractivity contribution in [1.29, 1.82) is 0 Å². The lowest BCUT2D eigenvalue weighted by atomic mass is 10.2. The molecule has 0 saturated heterocycles. The summed E-state index contributed by atoms with van der Waals surface area (Å²) in [5.74, 6) is 0.0744. The Morgan fingerprint density at radius 2 is 1.97 bits per heavy atom. The van der Waals surface area contributed by atoms with Gasteiger partial charge in [-0.25, -0.2) is 4.68 Å². The van der Waals surface area contributed by atoms with Crippen LogP contribution in [0.15, 0.2) is 46.9 Å². The van der Waals surface area contributed by atoms with Gasteiger partial charge in [-0.2, -0.15) is 13.2 Å². The minimum absolute atomic E-state index is 0.0131. The van der Waals surface area contributed by atoms with Crippen LogP contribution in [0.2, 0.25) is 5.02 Å². The molecule has 0 unspecified atom stereocenters. The highest BCUT2D eigenvalue weighted by Crippen LogP contribution is 2.33. The highest BCUT2D eigenvalue weighted by molar-refractivity contribution is 7.71. The molecule has 0 aliphatic carbocycles. The Balaban J connectivity index is 1.65. The number of nitrogens with zero attached hydrogens (tertiary/aromatic N) is 2. The molecule has 0 saturated carbocycles. The summed E-state index contributed by atoms with van der Waals surface area (Å²) < 4.78 is 50.5. The van der Waals surface area contributed by atoms with Crippen LogP contribution in [-0.4, -0.2) is 15.7 Å². The average molecular weight is 458 g/mol. The molecular weight excluding hydrogens is 443 g/mol. The number of hydrogen-bond acceptors (Lipinski definition) is 5. The molecule has 11 heteroatoms. The van der Waals surface area contributed by atoms with Gasteiger partial charge in [0.05, 0.1) is 16.3 Å². The summed E-state index contributed by atoms with van der Waals surface area (Å²) in [6.07, 6.45) is -4.56. The van der Waals surface area contributed by atoms with Crippen molar-refractivity contribution >= 4 is 35.4 Å². The van der Waals surface area contributed by atoms with Crippen molar-refractivity contribution in [3.63, 3.8) is 0 Å². The van der Waals surface area contributed by atoms with Crippen LogP contribution < -0.4 is 10.1 Å². The SMILES string of the molecule is Cc1ccc(OCc2nn(CC(=O)Nc3cc(C(F)(F)F)ccc3Cl)c(=S)o2)cc1. The summed E-state index contributed by atoms with van der Waals surface area (Å²) in [5, 5.41) is 6.34. The van der Waals surface area contributed by atoms with Gasteiger partial charge >= 0.3 is 6.18 Å². The van der Waals surface area contributed by atoms with Crippen molar-refractivity contribution in [2.24, 2.45) is 0 Å². The zero-order chi connectivity index (χ0) is 21.9. The molecule has 0 aliphatic rings. The number of ether oxygens (including phenoxy) is 1. The maximum Gasteiger partial charge on any atom is 0.416 e. The number of alkyl halides is 3. The average Bonchev–Trinajstić information content (AvgIpc) is 3.01. The van der Waals surface area contributed by atoms with Crippen LogP contribution in [0.1, 0.15) is 17.0 Å². The number of anilines is 1. The Kier molecular flexibility index (Phi) is 6.47. The van der Waals surface area contributed by atoms with E-state index in [4.69, 9.17) is 33.0 Å². The smallest absolute Gasteiger partial charge is 0.416 e. The van der Waals surface area contributed by atoms with E-state index in [-0.39, 0.29) is 34.6 Å². The number of aryl methyl sites for hydroxylation is 1. The molecular formula is C19H15ClF3N3O3S. The lowest BCUT2D eigenvalue weighted by Crippen LogP contribution is -2.20. The topological polar surface area (TPSA) is 69.3 Å². The van der Waals surface area contributed by atoms with Crippen LogP contribution in [0.25, 0.3) is 0 Å². The van der Waals surface area contributed by atoms with E-state index in [9.17, 15) is 18.0 Å². The number of carbonyl (C=O) groups excluding carboxylic acids is 1. The monoisotopic (exact) mass is 457 g/mol. The van der Waals surface area contributed by atoms with Gasteiger partial charge in [-0.15, -0.1) is 5.10 Å². The fourth-order valence-electron chi connectivity index (χ4n) is 2.41. The number of benzene rings is 2. The van der Waals surface area contributed by atoms with Crippen LogP contribution in [0.4, 0.5) is 18.9 Å². The summed E-state index contributed by atoms with van der Waals surface area (Å²) >= 11 is 10.9. The highest BCUT2D eigenvalue weighted by Gasteiger charge is 2.31. The number of hydrogen-bond donors (Lipinski definition) is 1. The number of aromatic nitrogens is 2. The van der Waals surface area contributed by atoms with Crippen molar-refractivity contribution < 1.29 is 27.1 Å². The molecule has 2 aromatic carbocycles. The minimum Gasteiger partial charge on any atom is -0.484 e. The van der Waals surface area contributed by atoms with Gasteiger partial charge in [0.1, 0.15) is 12.3 Å². The molecule has 6 nitrogen and oxygen atoms in total. The first-order chi connectivity index (χ1) is 14.1. The van der Waals surface area contributed by atoms with Crippen molar-refractivity contribution in [3.8, 4) is 5.75 Å². The van der Waals surface area contributed by atoms with Gasteiger partial charge in [0.15, 0.2) is 6.61 Å². The molecule has 1 N–H and O–H groups in total. The molecule has 0 bridgehead atoms. The van der Waals surface area contributed by atoms with E-state index in [0.29, 0.717) is 5.75 Å². The van der Waals surface area contributed by atoms with Gasteiger partial charge in [0.25, 0.3) is 10.7 Å². The van der Waals surface area contributed by atoms with Crippen LogP contribution in [-0.2, 0) is 24.1 Å². The lowest BCUT2D eigenvalue weighted by molar-refractivity contribution is -0.137. The van der Waals surface area contributed by atoms with Crippen molar-refractivity contribution in [2.45, 2.75) is 26.3 Å². The number of rotatable bonds is 6. The quantitative estimate of drug-likeness (QED) is 0.502. The standard InChI is InChI=1S/C19H15ClF3N3O3S/c1-11-2-5-13(6-3-11)28-10-17-25-26(18(30)29-17)9-16(27)24-15-8-12(19(21,22)23)4-7-14(15)20/h2-8H,9-10H2,1H3,(H,24,27). The predicted octanol–water partition coefficient (Wildman–Crippen LogP) is 5.40. The summed E-state index contributed by atoms with van der Waals surface area (Å²) in [6.45, 7) is 1.56. The third-order valence-electron chi connectivity index (χ3n) is 3.89. The van der Waals surface area contributed by atoms with Gasteiger partial charge in [0.2, 0.25) is 5.91 Å². The van der Waals surface area contributed by atoms with Crippen molar-refractivity contribution in [1.82, 2.24) is 9.78 Å². The van der Waals surface area contributed by atoms with E-state index in [1.807, 2.05) is 19.1 Å². The van der Waals surface area contributed by atoms with Gasteiger partial charge in [-0.05, 0) is 49.5 Å². The van der Waals surface area contributed by atoms with E-state index in [1.165, 1.54) is 0 Å². The third-order valence-corrected chi connectivity index (χ3v) is 4.52. The first kappa shape index (κ1) is 21.8. The molecule has 0 atom stereocenters. The summed E-state index contributed by atoms with van der Waals surface area (Å²) in [5.41, 5.74) is -0.0266. The molecule has 0 aliphatic heterocycles. The van der Waals surface area contributed by atoms with Gasteiger partial charge in [0, 0.05) is 0 Å². The maximum absolute atomic E-state index is 12.8. The molecule has 3 rings (SSSR count). The first-order valence-corrected chi connectivity index (χ1v) is 9.33. The lowest BCUT2D eigenvalue weighted by Gasteiger charge is -2.11. The molecule has 0 spiro atoms. The summed E-state index contributed by atoms with van der Waals surface area (Å²) in [4.78, 5) is 12.2. The van der Waals surface area contributed by atoms with Crippen molar-refractivity contribution in [2.75, 3.05) is 5.32 Å². The predicted molar refractivity (Wildman–Crippen MR) is 106 cm³/mol. The molecule has 1 heterocycles. The zero-order valence-electron chi connectivity index (χ0n) is 15.5. The number of halogens is 4. The van der Waals surface area contributed by atoms with Crippen LogP contribution in [0, 0.1) is 11.8 Å². The Labute approximate surface area is 179 Å². The number of nitrogens with one attached hydrogen (secondary N) is 1. The van der Waals surface area contributed by atoms with Gasteiger partial charge < -0.3 is 14.5 Å². The highest BCUT2D eigenvalue weighted by atomic mass is 35.5. The van der Waals surface area contributed by atoms with E-state index in [0.717, 1.165) is 28.4 Å². The van der Waals surface area contributed by atoms with E-state index >= 15 is 0 Å². The Morgan fingerprint density at radius 1 is 1.27 bits per heavy atom. The fraction of sp³-hybridized carbons (Fsp3) is 0.211. The Hall–Kier alpha value is -2.85. The molecule has 30 heavy (non-hydrogen) atoms. The second-order valence-corrected chi connectivity index (χ2v) is 7.02. The molecule has 1 aromatic heterocycles. The number of carbonyl (C=O) groups is 1. The molecule has 158 valence electrons. The second-order valence-electron chi connectivity index (χ2n) is 6.26. The second kappa shape index (κ2) is 8.88. The third kappa shape index (κ3) is 5.61. The van der Waals surface area contributed by atoms with Crippen LogP contribution in [0.3, 0.4) is 0 Å².